The average Bonchev–Trinajstić information content (AvgIpc) is 3.05. The summed E-state index contributed by atoms with van der Waals surface area (Å²) in [6.45, 7) is 1.92. The van der Waals surface area contributed by atoms with Gasteiger partial charge in [0.2, 0.25) is 0 Å². The van der Waals surface area contributed by atoms with Crippen LogP contribution in [-0.2, 0) is 11.3 Å². The highest BCUT2D eigenvalue weighted by molar-refractivity contribution is 7.07. The van der Waals surface area contributed by atoms with Gasteiger partial charge in [-0.2, -0.15) is 0 Å². The molecule has 0 unspecified atom stereocenters. The van der Waals surface area contributed by atoms with Crippen molar-refractivity contribution in [1.29, 1.82) is 0 Å². The number of ether oxygens (including phenoxy) is 1. The smallest absolute Gasteiger partial charge is 0.338 e. The summed E-state index contributed by atoms with van der Waals surface area (Å²) < 4.78 is 6.73. The minimum Gasteiger partial charge on any atom is -0.460 e. The molecular weight excluding hydrogens is 432 g/mol. The predicted molar refractivity (Wildman–Crippen MR) is 112 cm³/mol. The fourth-order valence-corrected chi connectivity index (χ4v) is 3.74. The summed E-state index contributed by atoms with van der Waals surface area (Å²) in [4.78, 5) is 47.4. The topological polar surface area (TPSA) is 109 Å². The van der Waals surface area contributed by atoms with Gasteiger partial charge in [0.25, 0.3) is 5.69 Å². The normalized spacial score (nSPS) is 10.6. The van der Waals surface area contributed by atoms with Crippen LogP contribution >= 0.6 is 22.9 Å². The Morgan fingerprint density at radius 1 is 1.20 bits per heavy atom. The molecule has 30 heavy (non-hydrogen) atoms. The third-order valence-corrected chi connectivity index (χ3v) is 5.52. The van der Waals surface area contributed by atoms with Crippen LogP contribution in [0.5, 0.6) is 0 Å². The standard InChI is InChI=1S/C20H15ClN2O6S/c1-12-11-30-20(26)22(12)8-9-29-19(25)15-5-3-2-4-14(15)18(24)13-6-7-16(21)17(10-13)23(27)28/h2-7,10-11H,8-9H2,1H3. The first-order valence-corrected chi connectivity index (χ1v) is 9.95. The molecule has 2 aromatic carbocycles. The fourth-order valence-electron chi connectivity index (χ4n) is 2.79. The maximum absolute atomic E-state index is 12.9. The number of ketones is 1. The molecule has 0 aliphatic rings. The third kappa shape index (κ3) is 4.47. The van der Waals surface area contributed by atoms with Crippen molar-refractivity contribution in [3.8, 4) is 0 Å². The Morgan fingerprint density at radius 3 is 2.53 bits per heavy atom. The number of hydrogen-bond donors (Lipinski definition) is 0. The van der Waals surface area contributed by atoms with Gasteiger partial charge in [0.05, 0.1) is 17.0 Å². The second kappa shape index (κ2) is 9.02. The van der Waals surface area contributed by atoms with Crippen molar-refractivity contribution in [3.05, 3.63) is 95.0 Å². The molecule has 0 saturated heterocycles. The zero-order chi connectivity index (χ0) is 21.8. The SMILES string of the molecule is Cc1csc(=O)n1CCOC(=O)c1ccccc1C(=O)c1ccc(Cl)c([N+](=O)[O-])c1. The Labute approximate surface area is 179 Å². The quantitative estimate of drug-likeness (QED) is 0.236. The molecule has 0 spiro atoms. The van der Waals surface area contributed by atoms with E-state index in [1.165, 1.54) is 28.8 Å². The van der Waals surface area contributed by atoms with Crippen LogP contribution in [0.2, 0.25) is 5.02 Å². The number of esters is 1. The first-order valence-electron chi connectivity index (χ1n) is 8.69. The van der Waals surface area contributed by atoms with Gasteiger partial charge in [-0.05, 0) is 25.1 Å². The number of benzene rings is 2. The zero-order valence-corrected chi connectivity index (χ0v) is 17.2. The molecule has 0 aliphatic carbocycles. The van der Waals surface area contributed by atoms with Gasteiger partial charge < -0.3 is 4.74 Å². The number of rotatable bonds is 7. The summed E-state index contributed by atoms with van der Waals surface area (Å²) in [6, 6.07) is 9.70. The highest BCUT2D eigenvalue weighted by Gasteiger charge is 2.22. The van der Waals surface area contributed by atoms with E-state index in [2.05, 4.69) is 0 Å². The van der Waals surface area contributed by atoms with Gasteiger partial charge in [0, 0.05) is 28.3 Å². The fraction of sp³-hybridized carbons (Fsp3) is 0.150. The molecular formula is C20H15ClN2O6S. The predicted octanol–water partition coefficient (Wildman–Crippen LogP) is 3.87. The molecule has 0 fully saturated rings. The summed E-state index contributed by atoms with van der Waals surface area (Å²) in [5, 5.41) is 12.7. The van der Waals surface area contributed by atoms with E-state index in [1.54, 1.807) is 24.4 Å². The van der Waals surface area contributed by atoms with Crippen molar-refractivity contribution >= 4 is 40.4 Å². The van der Waals surface area contributed by atoms with Crippen LogP contribution in [-0.4, -0.2) is 27.8 Å². The molecule has 1 aromatic heterocycles. The monoisotopic (exact) mass is 446 g/mol. The summed E-state index contributed by atoms with van der Waals surface area (Å²) in [6.07, 6.45) is 0. The number of nitrogens with zero attached hydrogens (tertiary/aromatic N) is 2. The first kappa shape index (κ1) is 21.4. The molecule has 3 aromatic rings. The Bertz CT molecular complexity index is 1200. The number of carbonyl (C=O) groups excluding carboxylic acids is 2. The van der Waals surface area contributed by atoms with Gasteiger partial charge in [-0.1, -0.05) is 41.1 Å². The first-order chi connectivity index (χ1) is 14.3. The summed E-state index contributed by atoms with van der Waals surface area (Å²) in [5.41, 5.74) is 0.449. The summed E-state index contributed by atoms with van der Waals surface area (Å²) in [5.74, 6) is -1.31. The van der Waals surface area contributed by atoms with Crippen LogP contribution in [0.1, 0.15) is 32.0 Å². The third-order valence-electron chi connectivity index (χ3n) is 4.32. The Morgan fingerprint density at radius 2 is 1.90 bits per heavy atom. The maximum Gasteiger partial charge on any atom is 0.338 e. The van der Waals surface area contributed by atoms with Gasteiger partial charge in [-0.25, -0.2) is 4.79 Å². The number of aryl methyl sites for hydroxylation is 1. The van der Waals surface area contributed by atoms with E-state index in [4.69, 9.17) is 16.3 Å². The molecule has 154 valence electrons. The number of aromatic nitrogens is 1. The molecule has 3 rings (SSSR count). The minimum absolute atomic E-state index is 0.0202. The van der Waals surface area contributed by atoms with Crippen molar-refractivity contribution in [2.75, 3.05) is 6.61 Å². The van der Waals surface area contributed by atoms with E-state index in [9.17, 15) is 24.5 Å². The second-order valence-corrected chi connectivity index (χ2v) is 7.46. The summed E-state index contributed by atoms with van der Waals surface area (Å²) in [7, 11) is 0. The lowest BCUT2D eigenvalue weighted by molar-refractivity contribution is -0.384. The van der Waals surface area contributed by atoms with Crippen LogP contribution in [0.25, 0.3) is 0 Å². The van der Waals surface area contributed by atoms with E-state index in [0.717, 1.165) is 23.1 Å². The molecule has 0 saturated carbocycles. The van der Waals surface area contributed by atoms with Crippen LogP contribution in [0.15, 0.2) is 52.6 Å². The largest absolute Gasteiger partial charge is 0.460 e. The van der Waals surface area contributed by atoms with Gasteiger partial charge in [0.15, 0.2) is 5.78 Å². The molecule has 1 heterocycles. The van der Waals surface area contributed by atoms with Crippen molar-refractivity contribution < 1.29 is 19.2 Å². The Hall–Kier alpha value is -3.30. The molecule has 0 radical (unpaired) electrons. The molecule has 10 heteroatoms. The number of halogens is 1. The summed E-state index contributed by atoms with van der Waals surface area (Å²) >= 11 is 6.85. The zero-order valence-electron chi connectivity index (χ0n) is 15.7. The lowest BCUT2D eigenvalue weighted by atomic mass is 9.98. The second-order valence-electron chi connectivity index (χ2n) is 6.23. The maximum atomic E-state index is 12.9. The van der Waals surface area contributed by atoms with Gasteiger partial charge >= 0.3 is 10.8 Å². The van der Waals surface area contributed by atoms with Crippen LogP contribution < -0.4 is 4.87 Å². The minimum atomic E-state index is -0.733. The van der Waals surface area contributed by atoms with E-state index >= 15 is 0 Å². The van der Waals surface area contributed by atoms with Crippen LogP contribution in [0.4, 0.5) is 5.69 Å². The number of nitro benzene ring substituents is 1. The van der Waals surface area contributed by atoms with Gasteiger partial charge in [-0.3, -0.25) is 24.3 Å². The molecule has 0 N–H and O–H groups in total. The molecule has 0 bridgehead atoms. The number of hydrogen-bond acceptors (Lipinski definition) is 7. The van der Waals surface area contributed by atoms with Crippen molar-refractivity contribution in [2.24, 2.45) is 0 Å². The van der Waals surface area contributed by atoms with Gasteiger partial charge in [-0.15, -0.1) is 0 Å². The molecule has 0 atom stereocenters. The van der Waals surface area contributed by atoms with E-state index in [-0.39, 0.29) is 39.7 Å². The molecule has 8 nitrogen and oxygen atoms in total. The molecule has 0 amide bonds. The number of nitro groups is 1. The van der Waals surface area contributed by atoms with Crippen LogP contribution in [0.3, 0.4) is 0 Å². The number of thiazole rings is 1. The lowest BCUT2D eigenvalue weighted by Crippen LogP contribution is -2.20. The Balaban J connectivity index is 1.81. The lowest BCUT2D eigenvalue weighted by Gasteiger charge is -2.10. The average molecular weight is 447 g/mol. The van der Waals surface area contributed by atoms with E-state index < -0.39 is 22.4 Å². The highest BCUT2D eigenvalue weighted by Crippen LogP contribution is 2.27. The van der Waals surface area contributed by atoms with Gasteiger partial charge in [0.1, 0.15) is 11.6 Å². The van der Waals surface area contributed by atoms with Crippen molar-refractivity contribution in [3.63, 3.8) is 0 Å². The Kier molecular flexibility index (Phi) is 6.43. The number of carbonyl (C=O) groups is 2. The van der Waals surface area contributed by atoms with Crippen molar-refractivity contribution in [1.82, 2.24) is 4.57 Å². The van der Waals surface area contributed by atoms with Crippen LogP contribution in [0, 0.1) is 17.0 Å². The van der Waals surface area contributed by atoms with E-state index in [0.29, 0.717) is 0 Å². The van der Waals surface area contributed by atoms with E-state index in [1.807, 2.05) is 0 Å². The van der Waals surface area contributed by atoms with Crippen molar-refractivity contribution in [2.45, 2.75) is 13.5 Å². The highest BCUT2D eigenvalue weighted by atomic mass is 35.5. The molecule has 0 aliphatic heterocycles.